The smallest absolute Gasteiger partial charge is 0.216 e. The zero-order chi connectivity index (χ0) is 13.9. The van der Waals surface area contributed by atoms with E-state index < -0.39 is 0 Å². The molecule has 1 aliphatic heterocycles. The van der Waals surface area contributed by atoms with Crippen molar-refractivity contribution < 1.29 is 4.42 Å². The van der Waals surface area contributed by atoms with Crippen molar-refractivity contribution in [2.75, 3.05) is 13.1 Å². The van der Waals surface area contributed by atoms with Crippen LogP contribution in [-0.4, -0.2) is 28.9 Å². The maximum Gasteiger partial charge on any atom is 0.216 e. The first-order valence-electron chi connectivity index (χ1n) is 6.97. The molecule has 1 saturated heterocycles. The lowest BCUT2D eigenvalue weighted by Gasteiger charge is -2.27. The van der Waals surface area contributed by atoms with Crippen LogP contribution < -0.4 is 5.73 Å². The van der Waals surface area contributed by atoms with E-state index in [1.54, 1.807) is 6.20 Å². The molecule has 1 fully saturated rings. The van der Waals surface area contributed by atoms with E-state index in [9.17, 15) is 0 Å². The Hall–Kier alpha value is -0.790. The van der Waals surface area contributed by atoms with E-state index in [4.69, 9.17) is 10.2 Å². The van der Waals surface area contributed by atoms with Crippen molar-refractivity contribution in [3.05, 3.63) is 17.8 Å². The fourth-order valence-corrected chi connectivity index (χ4v) is 2.10. The Balaban J connectivity index is 0.00000200. The topological polar surface area (TPSA) is 67.7 Å². The Morgan fingerprint density at radius 2 is 2.00 bits per heavy atom. The molecule has 2 heterocycles. The van der Waals surface area contributed by atoms with Gasteiger partial charge in [-0.2, -0.15) is 0 Å². The fraction of sp³-hybridized carbons (Fsp3) is 0.714. The highest BCUT2D eigenvalue weighted by Crippen LogP contribution is 2.22. The minimum Gasteiger partial charge on any atom is -0.443 e. The van der Waals surface area contributed by atoms with Gasteiger partial charge in [0.2, 0.25) is 5.89 Å². The summed E-state index contributed by atoms with van der Waals surface area (Å²) in [4.78, 5) is 10.8. The molecule has 6 heteroatoms. The average Bonchev–Trinajstić information content (AvgIpc) is 2.86. The number of piperidine rings is 1. The van der Waals surface area contributed by atoms with Gasteiger partial charge in [-0.1, -0.05) is 20.8 Å². The van der Waals surface area contributed by atoms with Crippen LogP contribution in [0.4, 0.5) is 0 Å². The van der Waals surface area contributed by atoms with Gasteiger partial charge in [0, 0.05) is 18.5 Å². The number of aliphatic imine (C=N–C) groups is 1. The molecule has 0 atom stereocenters. The SMILES string of the molecule is CC(C)(C)c1cnc(CN=C(N)N2CCCCC2)o1.I. The van der Waals surface area contributed by atoms with Crippen molar-refractivity contribution in [3.8, 4) is 0 Å². The number of likely N-dealkylation sites (tertiary alicyclic amines) is 1. The van der Waals surface area contributed by atoms with E-state index in [2.05, 4.69) is 35.6 Å². The largest absolute Gasteiger partial charge is 0.443 e. The van der Waals surface area contributed by atoms with Crippen molar-refractivity contribution in [3.63, 3.8) is 0 Å². The highest BCUT2D eigenvalue weighted by atomic mass is 127. The molecule has 114 valence electrons. The molecule has 1 aromatic rings. The van der Waals surface area contributed by atoms with Crippen molar-refractivity contribution in [1.29, 1.82) is 0 Å². The molecule has 0 aromatic carbocycles. The highest BCUT2D eigenvalue weighted by Gasteiger charge is 2.19. The molecule has 0 radical (unpaired) electrons. The first-order chi connectivity index (χ1) is 8.97. The Bertz CT molecular complexity index is 444. The number of aromatic nitrogens is 1. The first kappa shape index (κ1) is 17.3. The number of nitrogens with zero attached hydrogens (tertiary/aromatic N) is 3. The van der Waals surface area contributed by atoms with Gasteiger partial charge in [-0.3, -0.25) is 0 Å². The third kappa shape index (κ3) is 4.64. The predicted molar refractivity (Wildman–Crippen MR) is 91.4 cm³/mol. The summed E-state index contributed by atoms with van der Waals surface area (Å²) in [5.41, 5.74) is 5.97. The number of nitrogens with two attached hydrogens (primary N) is 1. The van der Waals surface area contributed by atoms with Gasteiger partial charge in [-0.15, -0.1) is 24.0 Å². The molecule has 2 N–H and O–H groups in total. The zero-order valence-electron chi connectivity index (χ0n) is 12.6. The van der Waals surface area contributed by atoms with Gasteiger partial charge in [0.15, 0.2) is 5.96 Å². The second-order valence-electron chi connectivity index (χ2n) is 6.09. The Morgan fingerprint density at radius 3 is 2.55 bits per heavy atom. The minimum atomic E-state index is -0.0205. The fourth-order valence-electron chi connectivity index (χ4n) is 2.10. The van der Waals surface area contributed by atoms with Gasteiger partial charge in [0.25, 0.3) is 0 Å². The average molecular weight is 392 g/mol. The summed E-state index contributed by atoms with van der Waals surface area (Å²) < 4.78 is 5.69. The quantitative estimate of drug-likeness (QED) is 0.478. The molecule has 1 aliphatic rings. The zero-order valence-corrected chi connectivity index (χ0v) is 14.9. The number of hydrogen-bond acceptors (Lipinski definition) is 3. The van der Waals surface area contributed by atoms with Gasteiger partial charge < -0.3 is 15.1 Å². The number of halogens is 1. The molecular weight excluding hydrogens is 367 g/mol. The number of oxazole rings is 1. The van der Waals surface area contributed by atoms with E-state index in [-0.39, 0.29) is 29.4 Å². The van der Waals surface area contributed by atoms with Crippen LogP contribution in [0.3, 0.4) is 0 Å². The molecule has 0 unspecified atom stereocenters. The molecular formula is C14H25IN4O. The van der Waals surface area contributed by atoms with Crippen molar-refractivity contribution in [2.45, 2.75) is 52.0 Å². The lowest BCUT2D eigenvalue weighted by Crippen LogP contribution is -2.40. The molecule has 0 aliphatic carbocycles. The molecule has 1 aromatic heterocycles. The van der Waals surface area contributed by atoms with E-state index in [0.29, 0.717) is 18.4 Å². The lowest BCUT2D eigenvalue weighted by molar-refractivity contribution is 0.336. The summed E-state index contributed by atoms with van der Waals surface area (Å²) >= 11 is 0. The Morgan fingerprint density at radius 1 is 1.35 bits per heavy atom. The normalized spacial score (nSPS) is 16.9. The monoisotopic (exact) mass is 392 g/mol. The summed E-state index contributed by atoms with van der Waals surface area (Å²) in [6.45, 7) is 8.73. The second-order valence-corrected chi connectivity index (χ2v) is 6.09. The molecule has 5 nitrogen and oxygen atoms in total. The Labute approximate surface area is 138 Å². The lowest BCUT2D eigenvalue weighted by atomic mass is 9.94. The van der Waals surface area contributed by atoms with Crippen LogP contribution in [0.2, 0.25) is 0 Å². The van der Waals surface area contributed by atoms with E-state index in [1.165, 1.54) is 19.3 Å². The van der Waals surface area contributed by atoms with Crippen molar-refractivity contribution in [2.24, 2.45) is 10.7 Å². The predicted octanol–water partition coefficient (Wildman–Crippen LogP) is 2.89. The van der Waals surface area contributed by atoms with E-state index in [0.717, 1.165) is 18.8 Å². The van der Waals surface area contributed by atoms with Gasteiger partial charge in [-0.05, 0) is 19.3 Å². The van der Waals surface area contributed by atoms with Crippen LogP contribution in [0, 0.1) is 0 Å². The highest BCUT2D eigenvalue weighted by molar-refractivity contribution is 14.0. The van der Waals surface area contributed by atoms with Crippen LogP contribution in [0.15, 0.2) is 15.6 Å². The van der Waals surface area contributed by atoms with Gasteiger partial charge in [-0.25, -0.2) is 9.98 Å². The van der Waals surface area contributed by atoms with Crippen LogP contribution in [-0.2, 0) is 12.0 Å². The minimum absolute atomic E-state index is 0. The van der Waals surface area contributed by atoms with Crippen LogP contribution in [0.5, 0.6) is 0 Å². The van der Waals surface area contributed by atoms with Gasteiger partial charge >= 0.3 is 0 Å². The third-order valence-electron chi connectivity index (χ3n) is 3.35. The van der Waals surface area contributed by atoms with Crippen LogP contribution >= 0.6 is 24.0 Å². The van der Waals surface area contributed by atoms with Crippen molar-refractivity contribution in [1.82, 2.24) is 9.88 Å². The summed E-state index contributed by atoms with van der Waals surface area (Å²) in [6, 6.07) is 0. The summed E-state index contributed by atoms with van der Waals surface area (Å²) in [5, 5.41) is 0. The van der Waals surface area contributed by atoms with Gasteiger partial charge in [0.05, 0.1) is 6.20 Å². The van der Waals surface area contributed by atoms with Crippen molar-refractivity contribution >= 4 is 29.9 Å². The number of hydrogen-bond donors (Lipinski definition) is 1. The Kier molecular flexibility index (Phi) is 6.29. The summed E-state index contributed by atoms with van der Waals surface area (Å²) in [5.74, 6) is 2.12. The standard InChI is InChI=1S/C14H24N4O.HI/c1-14(2,3)11-9-16-12(19-11)10-17-13(15)18-7-5-4-6-8-18;/h9H,4-8,10H2,1-3H3,(H2,15,17);1H. The number of guanidine groups is 1. The molecule has 0 spiro atoms. The van der Waals surface area contributed by atoms with E-state index >= 15 is 0 Å². The molecule has 2 rings (SSSR count). The molecule has 0 bridgehead atoms. The summed E-state index contributed by atoms with van der Waals surface area (Å²) in [7, 11) is 0. The maximum absolute atomic E-state index is 6.00. The van der Waals surface area contributed by atoms with Gasteiger partial charge in [0.1, 0.15) is 12.3 Å². The molecule has 0 saturated carbocycles. The maximum atomic E-state index is 6.00. The van der Waals surface area contributed by atoms with E-state index in [1.807, 2.05) is 0 Å². The molecule has 20 heavy (non-hydrogen) atoms. The third-order valence-corrected chi connectivity index (χ3v) is 3.35. The van der Waals surface area contributed by atoms with Crippen LogP contribution in [0.25, 0.3) is 0 Å². The first-order valence-corrected chi connectivity index (χ1v) is 6.97. The van der Waals surface area contributed by atoms with Crippen LogP contribution in [0.1, 0.15) is 51.7 Å². The number of rotatable bonds is 2. The molecule has 0 amide bonds. The summed E-state index contributed by atoms with van der Waals surface area (Å²) in [6.07, 6.45) is 5.47. The second kappa shape index (κ2) is 7.28.